The second-order valence-corrected chi connectivity index (χ2v) is 14.9. The molecule has 0 bridgehead atoms. The summed E-state index contributed by atoms with van der Waals surface area (Å²) in [6.07, 6.45) is 0. The lowest BCUT2D eigenvalue weighted by molar-refractivity contribution is 0.936. The quantitative estimate of drug-likeness (QED) is 0.166. The van der Waals surface area contributed by atoms with Crippen LogP contribution in [0.4, 0.5) is 0 Å². The van der Waals surface area contributed by atoms with E-state index in [4.69, 9.17) is 0 Å². The summed E-state index contributed by atoms with van der Waals surface area (Å²) in [4.78, 5) is 0. The van der Waals surface area contributed by atoms with Crippen LogP contribution in [0, 0.1) is 0 Å². The Bertz CT molecular complexity index is 2230. The smallest absolute Gasteiger partial charge is 0.00737 e. The van der Waals surface area contributed by atoms with Crippen molar-refractivity contribution < 1.29 is 0 Å². The molecule has 5 aliphatic carbocycles. The number of fused-ring (bicyclic) bond motifs is 15. The van der Waals surface area contributed by atoms with Crippen molar-refractivity contribution in [3.8, 4) is 55.6 Å². The summed E-state index contributed by atoms with van der Waals surface area (Å²) in [6, 6.07) is 38.5. The van der Waals surface area contributed by atoms with Crippen LogP contribution in [0.5, 0.6) is 0 Å². The summed E-state index contributed by atoms with van der Waals surface area (Å²) in [5.41, 5.74) is 29.4. The van der Waals surface area contributed by atoms with Gasteiger partial charge in [-0.3, -0.25) is 0 Å². The topological polar surface area (TPSA) is 0 Å². The lowest BCUT2D eigenvalue weighted by Gasteiger charge is -2.12. The van der Waals surface area contributed by atoms with E-state index in [2.05, 4.69) is 132 Å². The minimum Gasteiger partial charge on any atom is -0.0619 e. The van der Waals surface area contributed by atoms with Crippen molar-refractivity contribution in [2.24, 2.45) is 0 Å². The van der Waals surface area contributed by atoms with Gasteiger partial charge in [0.2, 0.25) is 0 Å². The van der Waals surface area contributed by atoms with Gasteiger partial charge in [0.15, 0.2) is 0 Å². The van der Waals surface area contributed by atoms with Gasteiger partial charge < -0.3 is 0 Å². The zero-order valence-corrected chi connectivity index (χ0v) is 27.1. The van der Waals surface area contributed by atoms with E-state index >= 15 is 0 Å². The third-order valence-electron chi connectivity index (χ3n) is 12.9. The predicted molar refractivity (Wildman–Crippen MR) is 191 cm³/mol. The van der Waals surface area contributed by atoms with Crippen LogP contribution < -0.4 is 0 Å². The van der Waals surface area contributed by atoms with Gasteiger partial charge in [-0.15, -0.1) is 0 Å². The van der Waals surface area contributed by atoms with Crippen molar-refractivity contribution in [2.45, 2.75) is 64.2 Å². The van der Waals surface area contributed by atoms with Crippen LogP contribution >= 0.6 is 0 Å². The minimum absolute atomic E-state index is 0.384. The van der Waals surface area contributed by atoms with E-state index in [1.54, 1.807) is 0 Å². The zero-order valence-electron chi connectivity index (χ0n) is 27.1. The standard InChI is InChI=1S/C46H36/c1-22-27-10-6-8-12-29(27)39-14-33-24(3)35-18-45-37(20-43(35)41(33)16-31(22)39)26(5)38-21-44-36(19-46(38)45)25(4)34-15-40-30-13-9-7-11-28(30)23(2)32(40)17-42(34)44/h6-26H,1-5H3. The monoisotopic (exact) mass is 588 g/mol. The molecular weight excluding hydrogens is 553 g/mol. The van der Waals surface area contributed by atoms with Crippen molar-refractivity contribution in [2.75, 3.05) is 0 Å². The molecule has 0 radical (unpaired) electrons. The van der Waals surface area contributed by atoms with E-state index < -0.39 is 0 Å². The highest BCUT2D eigenvalue weighted by atomic mass is 14.4. The van der Waals surface area contributed by atoms with Crippen molar-refractivity contribution in [3.05, 3.63) is 153 Å². The number of rotatable bonds is 0. The molecule has 0 saturated heterocycles. The molecule has 6 aromatic carbocycles. The molecule has 6 aromatic rings. The minimum atomic E-state index is 0.384. The molecule has 46 heavy (non-hydrogen) atoms. The van der Waals surface area contributed by atoms with E-state index in [1.165, 1.54) is 111 Å². The Morgan fingerprint density at radius 2 is 0.435 bits per heavy atom. The van der Waals surface area contributed by atoms with E-state index in [0.29, 0.717) is 29.6 Å². The molecule has 4 unspecified atom stereocenters. The average molecular weight is 589 g/mol. The summed E-state index contributed by atoms with van der Waals surface area (Å²) in [6.45, 7) is 12.0. The van der Waals surface area contributed by atoms with Crippen LogP contribution in [0.25, 0.3) is 55.6 Å². The van der Waals surface area contributed by atoms with Gasteiger partial charge in [-0.25, -0.2) is 0 Å². The lowest BCUT2D eigenvalue weighted by atomic mass is 9.91. The molecular formula is C46H36. The molecule has 0 aliphatic heterocycles. The van der Waals surface area contributed by atoms with Gasteiger partial charge in [-0.2, -0.15) is 0 Å². The Morgan fingerprint density at radius 1 is 0.239 bits per heavy atom. The van der Waals surface area contributed by atoms with Crippen molar-refractivity contribution in [3.63, 3.8) is 0 Å². The zero-order chi connectivity index (χ0) is 30.7. The van der Waals surface area contributed by atoms with Crippen molar-refractivity contribution >= 4 is 0 Å². The highest BCUT2D eigenvalue weighted by molar-refractivity contribution is 5.94. The van der Waals surface area contributed by atoms with Gasteiger partial charge in [-0.05, 0) is 160 Å². The summed E-state index contributed by atoms with van der Waals surface area (Å²) in [5.74, 6) is 2.06. The Kier molecular flexibility index (Phi) is 4.64. The highest BCUT2D eigenvalue weighted by Gasteiger charge is 2.38. The predicted octanol–water partition coefficient (Wildman–Crippen LogP) is 12.3. The average Bonchev–Trinajstić information content (AvgIpc) is 3.80. The van der Waals surface area contributed by atoms with Crippen LogP contribution in [0.15, 0.2) is 97.1 Å². The first kappa shape index (κ1) is 25.5. The molecule has 0 saturated carbocycles. The second-order valence-electron chi connectivity index (χ2n) is 14.9. The maximum Gasteiger partial charge on any atom is 0.00737 e. The molecule has 0 heterocycles. The first-order valence-corrected chi connectivity index (χ1v) is 17.3. The molecule has 0 aromatic heterocycles. The summed E-state index contributed by atoms with van der Waals surface area (Å²) >= 11 is 0. The van der Waals surface area contributed by atoms with E-state index in [0.717, 1.165) is 0 Å². The fourth-order valence-electron chi connectivity index (χ4n) is 10.3. The van der Waals surface area contributed by atoms with Crippen LogP contribution in [-0.4, -0.2) is 0 Å². The third-order valence-corrected chi connectivity index (χ3v) is 12.9. The van der Waals surface area contributed by atoms with E-state index in [-0.39, 0.29) is 0 Å². The van der Waals surface area contributed by atoms with Crippen LogP contribution in [-0.2, 0) is 0 Å². The molecule has 0 nitrogen and oxygen atoms in total. The van der Waals surface area contributed by atoms with Gasteiger partial charge >= 0.3 is 0 Å². The number of hydrogen-bond acceptors (Lipinski definition) is 0. The first-order chi connectivity index (χ1) is 22.4. The van der Waals surface area contributed by atoms with Crippen molar-refractivity contribution in [1.29, 1.82) is 0 Å². The van der Waals surface area contributed by atoms with E-state index in [9.17, 15) is 0 Å². The van der Waals surface area contributed by atoms with Gasteiger partial charge in [0.05, 0.1) is 0 Å². The fourth-order valence-corrected chi connectivity index (χ4v) is 10.3. The van der Waals surface area contributed by atoms with Gasteiger partial charge in [-0.1, -0.05) is 83.1 Å². The third kappa shape index (κ3) is 2.89. The molecule has 0 heteroatoms. The Labute approximate surface area is 271 Å². The Hall–Kier alpha value is -4.68. The molecule has 5 aliphatic rings. The van der Waals surface area contributed by atoms with Gasteiger partial charge in [0, 0.05) is 29.6 Å². The summed E-state index contributed by atoms with van der Waals surface area (Å²) in [5, 5.41) is 0. The van der Waals surface area contributed by atoms with Gasteiger partial charge in [0.25, 0.3) is 0 Å². The van der Waals surface area contributed by atoms with Crippen LogP contribution in [0.2, 0.25) is 0 Å². The molecule has 0 amide bonds. The van der Waals surface area contributed by atoms with Gasteiger partial charge in [0.1, 0.15) is 0 Å². The maximum absolute atomic E-state index is 2.58. The Morgan fingerprint density at radius 3 is 0.696 bits per heavy atom. The molecule has 4 atom stereocenters. The second kappa shape index (κ2) is 8.37. The first-order valence-electron chi connectivity index (χ1n) is 17.3. The number of hydrogen-bond donors (Lipinski definition) is 0. The molecule has 11 rings (SSSR count). The normalized spacial score (nSPS) is 22.7. The summed E-state index contributed by atoms with van der Waals surface area (Å²) in [7, 11) is 0. The molecule has 0 fully saturated rings. The molecule has 0 spiro atoms. The van der Waals surface area contributed by atoms with Crippen molar-refractivity contribution in [1.82, 2.24) is 0 Å². The Balaban J connectivity index is 1.04. The van der Waals surface area contributed by atoms with Crippen LogP contribution in [0.3, 0.4) is 0 Å². The molecule has 0 N–H and O–H groups in total. The highest BCUT2D eigenvalue weighted by Crippen LogP contribution is 2.58. The summed E-state index contributed by atoms with van der Waals surface area (Å²) < 4.78 is 0. The fraction of sp³-hybridized carbons (Fsp3) is 0.217. The largest absolute Gasteiger partial charge is 0.0619 e. The van der Waals surface area contributed by atoms with Crippen LogP contribution in [0.1, 0.15) is 120 Å². The SMILES string of the molecule is CC1c2ccccc2-c2cc3c(cc21)-c1cc2c(cc1C3C)-c1cc3c(cc1C2C)-c1cc2c(cc1C3C)-c1ccccc1C2C. The van der Waals surface area contributed by atoms with E-state index in [1.807, 2.05) is 0 Å². The number of benzene rings is 6. The molecule has 220 valence electrons. The maximum atomic E-state index is 2.58. The lowest BCUT2D eigenvalue weighted by Crippen LogP contribution is -1.93.